The van der Waals surface area contributed by atoms with E-state index in [4.69, 9.17) is 14.5 Å². The lowest BCUT2D eigenvalue weighted by molar-refractivity contribution is 0.264. The Morgan fingerprint density at radius 3 is 2.64 bits per heavy atom. The zero-order valence-electron chi connectivity index (χ0n) is 17.5. The van der Waals surface area contributed by atoms with Gasteiger partial charge in [-0.2, -0.15) is 0 Å². The molecule has 0 amide bonds. The predicted molar refractivity (Wildman–Crippen MR) is 115 cm³/mol. The number of hydrogen-bond donors (Lipinski definition) is 1. The van der Waals surface area contributed by atoms with E-state index in [0.717, 1.165) is 42.9 Å². The second kappa shape index (κ2) is 8.56. The summed E-state index contributed by atoms with van der Waals surface area (Å²) in [5.41, 5.74) is 5.00. The molecule has 4 rings (SSSR count). The highest BCUT2D eigenvalue weighted by molar-refractivity contribution is 5.96. The highest BCUT2D eigenvalue weighted by Crippen LogP contribution is 2.39. The van der Waals surface area contributed by atoms with E-state index in [1.807, 2.05) is 6.92 Å². The predicted octanol–water partition coefficient (Wildman–Crippen LogP) is 4.42. The molecule has 0 bridgehead atoms. The van der Waals surface area contributed by atoms with Crippen molar-refractivity contribution in [3.05, 3.63) is 23.4 Å². The summed E-state index contributed by atoms with van der Waals surface area (Å²) in [5.74, 6) is 1.57. The Morgan fingerprint density at radius 1 is 1.11 bits per heavy atom. The van der Waals surface area contributed by atoms with Crippen LogP contribution in [-0.4, -0.2) is 49.8 Å². The van der Waals surface area contributed by atoms with Gasteiger partial charge in [0.1, 0.15) is 0 Å². The Kier molecular flexibility index (Phi) is 5.90. The monoisotopic (exact) mass is 383 g/mol. The van der Waals surface area contributed by atoms with E-state index in [1.165, 1.54) is 54.4 Å². The van der Waals surface area contributed by atoms with Crippen molar-refractivity contribution in [1.29, 1.82) is 0 Å². The molecule has 0 unspecified atom stereocenters. The summed E-state index contributed by atoms with van der Waals surface area (Å²) in [6.45, 7) is 4.93. The lowest BCUT2D eigenvalue weighted by Crippen LogP contribution is -2.37. The minimum atomic E-state index is 0.520. The summed E-state index contributed by atoms with van der Waals surface area (Å²) in [7, 11) is 3.93. The van der Waals surface area contributed by atoms with Gasteiger partial charge in [0.25, 0.3) is 0 Å². The topological polar surface area (TPSA) is 46.6 Å². The van der Waals surface area contributed by atoms with E-state index in [0.29, 0.717) is 12.6 Å². The fraction of sp³-hybridized carbons (Fsp3) is 0.609. The summed E-state index contributed by atoms with van der Waals surface area (Å²) in [4.78, 5) is 7.49. The molecule has 152 valence electrons. The molecule has 1 aromatic carbocycles. The molecule has 2 aromatic rings. The lowest BCUT2D eigenvalue weighted by atomic mass is 9.98. The Balaban J connectivity index is 1.82. The molecule has 1 aliphatic carbocycles. The molecule has 2 aliphatic rings. The number of rotatable bonds is 5. The van der Waals surface area contributed by atoms with Crippen molar-refractivity contribution in [2.45, 2.75) is 57.9 Å². The van der Waals surface area contributed by atoms with Gasteiger partial charge in [0.05, 0.1) is 19.2 Å². The standard InChI is InChI=1S/C23H33N3O2/c1-4-28-22-15-20-18(14-21(22)27-3)23(24-16-10-12-26(2)13-11-16)17-8-6-5-7-9-19(17)25-20/h14-16H,4-13H2,1-3H3,(H,24,25). The molecule has 1 aliphatic heterocycles. The maximum Gasteiger partial charge on any atom is 0.163 e. The van der Waals surface area contributed by atoms with Gasteiger partial charge in [0, 0.05) is 28.9 Å². The van der Waals surface area contributed by atoms with Crippen LogP contribution in [0.1, 0.15) is 50.3 Å². The molecule has 1 N–H and O–H groups in total. The number of benzene rings is 1. The van der Waals surface area contributed by atoms with Gasteiger partial charge in [-0.25, -0.2) is 0 Å². The van der Waals surface area contributed by atoms with Crippen LogP contribution < -0.4 is 14.8 Å². The van der Waals surface area contributed by atoms with Crippen LogP contribution in [0.5, 0.6) is 11.5 Å². The van der Waals surface area contributed by atoms with E-state index in [1.54, 1.807) is 7.11 Å². The Bertz CT molecular complexity index is 823. The molecular formula is C23H33N3O2. The van der Waals surface area contributed by atoms with Gasteiger partial charge < -0.3 is 19.7 Å². The first-order valence-corrected chi connectivity index (χ1v) is 10.8. The normalized spacial score (nSPS) is 18.5. The number of likely N-dealkylation sites (tertiary alicyclic amines) is 1. The fourth-order valence-corrected chi connectivity index (χ4v) is 4.56. The Morgan fingerprint density at radius 2 is 1.89 bits per heavy atom. The van der Waals surface area contributed by atoms with Crippen molar-refractivity contribution >= 4 is 16.6 Å². The zero-order chi connectivity index (χ0) is 19.5. The summed E-state index contributed by atoms with van der Waals surface area (Å²) in [5, 5.41) is 5.11. The van der Waals surface area contributed by atoms with Gasteiger partial charge in [0.2, 0.25) is 0 Å². The number of ether oxygens (including phenoxy) is 2. The molecule has 1 saturated heterocycles. The number of piperidine rings is 1. The maximum atomic E-state index is 5.82. The summed E-state index contributed by atoms with van der Waals surface area (Å²) < 4.78 is 11.5. The van der Waals surface area contributed by atoms with Crippen LogP contribution in [0.2, 0.25) is 0 Å². The van der Waals surface area contributed by atoms with Crippen molar-refractivity contribution in [2.75, 3.05) is 39.2 Å². The zero-order valence-corrected chi connectivity index (χ0v) is 17.5. The van der Waals surface area contributed by atoms with Gasteiger partial charge in [0.15, 0.2) is 11.5 Å². The third-order valence-corrected chi connectivity index (χ3v) is 6.16. The van der Waals surface area contributed by atoms with Crippen LogP contribution in [-0.2, 0) is 12.8 Å². The first-order valence-electron chi connectivity index (χ1n) is 10.8. The minimum Gasteiger partial charge on any atom is -0.493 e. The second-order valence-electron chi connectivity index (χ2n) is 8.15. The number of anilines is 1. The molecule has 0 radical (unpaired) electrons. The molecule has 0 saturated carbocycles. The number of aryl methyl sites for hydroxylation is 1. The van der Waals surface area contributed by atoms with Gasteiger partial charge in [-0.05, 0) is 77.2 Å². The molecule has 5 heteroatoms. The summed E-state index contributed by atoms with van der Waals surface area (Å²) in [6.07, 6.45) is 8.32. The smallest absolute Gasteiger partial charge is 0.163 e. The number of pyridine rings is 1. The van der Waals surface area contributed by atoms with Crippen LogP contribution in [0.3, 0.4) is 0 Å². The highest BCUT2D eigenvalue weighted by Gasteiger charge is 2.23. The number of aromatic nitrogens is 1. The van der Waals surface area contributed by atoms with Crippen LogP contribution >= 0.6 is 0 Å². The van der Waals surface area contributed by atoms with E-state index in [9.17, 15) is 0 Å². The van der Waals surface area contributed by atoms with Crippen molar-refractivity contribution in [3.63, 3.8) is 0 Å². The van der Waals surface area contributed by atoms with Crippen LogP contribution in [0.15, 0.2) is 12.1 Å². The quantitative estimate of drug-likeness (QED) is 0.775. The average molecular weight is 384 g/mol. The highest BCUT2D eigenvalue weighted by atomic mass is 16.5. The molecule has 5 nitrogen and oxygen atoms in total. The van der Waals surface area contributed by atoms with E-state index < -0.39 is 0 Å². The van der Waals surface area contributed by atoms with E-state index >= 15 is 0 Å². The number of fused-ring (bicyclic) bond motifs is 2. The number of nitrogens with zero attached hydrogens (tertiary/aromatic N) is 2. The minimum absolute atomic E-state index is 0.520. The first-order chi connectivity index (χ1) is 13.7. The van der Waals surface area contributed by atoms with Gasteiger partial charge >= 0.3 is 0 Å². The van der Waals surface area contributed by atoms with Crippen LogP contribution in [0.4, 0.5) is 5.69 Å². The van der Waals surface area contributed by atoms with Crippen molar-refractivity contribution in [1.82, 2.24) is 9.88 Å². The average Bonchev–Trinajstić information content (AvgIpc) is 2.94. The van der Waals surface area contributed by atoms with Crippen LogP contribution in [0, 0.1) is 0 Å². The largest absolute Gasteiger partial charge is 0.493 e. The molecule has 0 spiro atoms. The third-order valence-electron chi connectivity index (χ3n) is 6.16. The fourth-order valence-electron chi connectivity index (χ4n) is 4.56. The van der Waals surface area contributed by atoms with Crippen molar-refractivity contribution in [2.24, 2.45) is 0 Å². The number of hydrogen-bond acceptors (Lipinski definition) is 5. The summed E-state index contributed by atoms with van der Waals surface area (Å²) >= 11 is 0. The van der Waals surface area contributed by atoms with Gasteiger partial charge in [-0.1, -0.05) is 6.42 Å². The maximum absolute atomic E-state index is 5.82. The Hall–Kier alpha value is -2.01. The second-order valence-corrected chi connectivity index (χ2v) is 8.15. The molecule has 28 heavy (non-hydrogen) atoms. The molecular weight excluding hydrogens is 350 g/mol. The lowest BCUT2D eigenvalue weighted by Gasteiger charge is -2.31. The molecule has 1 aromatic heterocycles. The molecule has 2 heterocycles. The molecule has 0 atom stereocenters. The number of nitrogens with one attached hydrogen (secondary N) is 1. The van der Waals surface area contributed by atoms with Crippen LogP contribution in [0.25, 0.3) is 10.9 Å². The van der Waals surface area contributed by atoms with Crippen molar-refractivity contribution in [3.8, 4) is 11.5 Å². The first kappa shape index (κ1) is 19.3. The third kappa shape index (κ3) is 3.90. The van der Waals surface area contributed by atoms with Crippen molar-refractivity contribution < 1.29 is 9.47 Å². The number of methoxy groups -OCH3 is 1. The van der Waals surface area contributed by atoms with Gasteiger partial charge in [-0.15, -0.1) is 0 Å². The Labute approximate surface area is 168 Å². The SMILES string of the molecule is CCOc1cc2nc3c(c(NC4CCN(C)CC4)c2cc1OC)CCCCC3. The van der Waals surface area contributed by atoms with Gasteiger partial charge in [-0.3, -0.25) is 4.98 Å². The van der Waals surface area contributed by atoms with E-state index in [-0.39, 0.29) is 0 Å². The summed E-state index contributed by atoms with van der Waals surface area (Å²) in [6, 6.07) is 4.70. The molecule has 1 fully saturated rings. The van der Waals surface area contributed by atoms with E-state index in [2.05, 4.69) is 29.4 Å².